The molecule has 0 saturated heterocycles. The number of ether oxygens (including phenoxy) is 2. The average molecular weight is 374 g/mol. The maximum absolute atomic E-state index is 12.0. The molecule has 0 fully saturated rings. The number of rotatable bonds is 6. The van der Waals surface area contributed by atoms with Crippen molar-refractivity contribution in [1.82, 2.24) is 4.98 Å². The molecule has 6 heteroatoms. The van der Waals surface area contributed by atoms with E-state index in [1.54, 1.807) is 12.4 Å². The third-order valence-electron chi connectivity index (χ3n) is 3.60. The van der Waals surface area contributed by atoms with Crippen LogP contribution >= 0.6 is 22.9 Å². The van der Waals surface area contributed by atoms with E-state index in [2.05, 4.69) is 4.98 Å². The van der Waals surface area contributed by atoms with Crippen molar-refractivity contribution in [3.05, 3.63) is 70.3 Å². The smallest absolute Gasteiger partial charge is 0.351 e. The van der Waals surface area contributed by atoms with Gasteiger partial charge in [0.05, 0.1) is 13.7 Å². The third kappa shape index (κ3) is 4.18. The zero-order valence-corrected chi connectivity index (χ0v) is 15.1. The Morgan fingerprint density at radius 2 is 2.08 bits per heavy atom. The van der Waals surface area contributed by atoms with Gasteiger partial charge in [-0.25, -0.2) is 4.79 Å². The van der Waals surface area contributed by atoms with Crippen LogP contribution < -0.4 is 4.74 Å². The third-order valence-corrected chi connectivity index (χ3v) is 5.12. The summed E-state index contributed by atoms with van der Waals surface area (Å²) in [6, 6.07) is 13.3. The Bertz CT molecular complexity index is 864. The molecule has 3 rings (SSSR count). The number of methoxy groups -OCH3 is 1. The SMILES string of the molecule is COC(=O)c1sc(-c2cccnc2)cc1OCCc1ccccc1Cl. The second-order valence-electron chi connectivity index (χ2n) is 5.23. The van der Waals surface area contributed by atoms with Crippen LogP contribution in [0.25, 0.3) is 10.4 Å². The molecule has 1 aromatic carbocycles. The number of nitrogens with zero attached hydrogens (tertiary/aromatic N) is 1. The highest BCUT2D eigenvalue weighted by atomic mass is 35.5. The maximum Gasteiger partial charge on any atom is 0.351 e. The lowest BCUT2D eigenvalue weighted by molar-refractivity contribution is 0.0602. The van der Waals surface area contributed by atoms with Crippen LogP contribution in [0.5, 0.6) is 5.75 Å². The van der Waals surface area contributed by atoms with E-state index in [0.717, 1.165) is 16.0 Å². The number of hydrogen-bond donors (Lipinski definition) is 0. The molecule has 2 heterocycles. The fourth-order valence-electron chi connectivity index (χ4n) is 2.34. The van der Waals surface area contributed by atoms with Crippen molar-refractivity contribution in [2.45, 2.75) is 6.42 Å². The number of esters is 1. The number of pyridine rings is 1. The number of carbonyl (C=O) groups is 1. The number of aromatic nitrogens is 1. The zero-order valence-electron chi connectivity index (χ0n) is 13.6. The highest BCUT2D eigenvalue weighted by Crippen LogP contribution is 2.36. The summed E-state index contributed by atoms with van der Waals surface area (Å²) in [6.45, 7) is 0.414. The molecule has 0 radical (unpaired) electrons. The van der Waals surface area contributed by atoms with Crippen LogP contribution in [0.2, 0.25) is 5.02 Å². The van der Waals surface area contributed by atoms with Crippen molar-refractivity contribution >= 4 is 28.9 Å². The molecule has 3 aromatic rings. The molecule has 0 unspecified atom stereocenters. The average Bonchev–Trinajstić information content (AvgIpc) is 3.07. The Kier molecular flexibility index (Phi) is 5.68. The summed E-state index contributed by atoms with van der Waals surface area (Å²) in [4.78, 5) is 17.5. The molecule has 0 aliphatic carbocycles. The quantitative estimate of drug-likeness (QED) is 0.578. The fraction of sp³-hybridized carbons (Fsp3) is 0.158. The van der Waals surface area contributed by atoms with Gasteiger partial charge in [0.1, 0.15) is 5.75 Å². The molecule has 4 nitrogen and oxygen atoms in total. The first-order chi connectivity index (χ1) is 12.2. The Morgan fingerprint density at radius 1 is 1.24 bits per heavy atom. The summed E-state index contributed by atoms with van der Waals surface area (Å²) >= 11 is 7.49. The first-order valence-electron chi connectivity index (χ1n) is 7.68. The topological polar surface area (TPSA) is 48.4 Å². The molecule has 0 spiro atoms. The van der Waals surface area contributed by atoms with E-state index in [4.69, 9.17) is 21.1 Å². The Hall–Kier alpha value is -2.37. The lowest BCUT2D eigenvalue weighted by Crippen LogP contribution is -2.05. The van der Waals surface area contributed by atoms with Crippen molar-refractivity contribution in [2.75, 3.05) is 13.7 Å². The van der Waals surface area contributed by atoms with E-state index in [0.29, 0.717) is 28.7 Å². The largest absolute Gasteiger partial charge is 0.491 e. The number of thiophene rings is 1. The van der Waals surface area contributed by atoms with Gasteiger partial charge in [0, 0.05) is 34.3 Å². The summed E-state index contributed by atoms with van der Waals surface area (Å²) < 4.78 is 10.7. The monoisotopic (exact) mass is 373 g/mol. The van der Waals surface area contributed by atoms with Crippen LogP contribution in [0.4, 0.5) is 0 Å². The first kappa shape index (κ1) is 17.5. The van der Waals surface area contributed by atoms with E-state index in [1.807, 2.05) is 42.5 Å². The second kappa shape index (κ2) is 8.14. The predicted molar refractivity (Wildman–Crippen MR) is 99.5 cm³/mol. The summed E-state index contributed by atoms with van der Waals surface area (Å²) in [5.74, 6) is 0.107. The van der Waals surface area contributed by atoms with Crippen molar-refractivity contribution in [1.29, 1.82) is 0 Å². The molecule has 2 aromatic heterocycles. The van der Waals surface area contributed by atoms with Gasteiger partial charge in [-0.3, -0.25) is 4.98 Å². The Morgan fingerprint density at radius 3 is 2.80 bits per heavy atom. The van der Waals surface area contributed by atoms with Crippen molar-refractivity contribution in [3.63, 3.8) is 0 Å². The lowest BCUT2D eigenvalue weighted by Gasteiger charge is -2.07. The van der Waals surface area contributed by atoms with E-state index >= 15 is 0 Å². The molecular formula is C19H16ClNO3S. The van der Waals surface area contributed by atoms with Crippen LogP contribution in [0.3, 0.4) is 0 Å². The predicted octanol–water partition coefficient (Wildman–Crippen LogP) is 4.87. The summed E-state index contributed by atoms with van der Waals surface area (Å²) in [5, 5.41) is 0.709. The summed E-state index contributed by atoms with van der Waals surface area (Å²) in [5.41, 5.74) is 1.94. The van der Waals surface area contributed by atoms with Crippen LogP contribution in [0, 0.1) is 0 Å². The molecule has 0 amide bonds. The minimum atomic E-state index is -0.409. The van der Waals surface area contributed by atoms with E-state index in [-0.39, 0.29) is 0 Å². The maximum atomic E-state index is 12.0. The minimum absolute atomic E-state index is 0.409. The summed E-state index contributed by atoms with van der Waals surface area (Å²) in [7, 11) is 1.36. The van der Waals surface area contributed by atoms with Gasteiger partial charge in [0.25, 0.3) is 0 Å². The number of carbonyl (C=O) groups excluding carboxylic acids is 1. The van der Waals surface area contributed by atoms with Gasteiger partial charge in [0.2, 0.25) is 0 Å². The van der Waals surface area contributed by atoms with Crippen molar-refractivity contribution in [3.8, 4) is 16.2 Å². The van der Waals surface area contributed by atoms with Gasteiger partial charge in [0.15, 0.2) is 4.88 Å². The normalized spacial score (nSPS) is 10.5. The standard InChI is InChI=1S/C19H16ClNO3S/c1-23-19(22)18-16(11-17(25-18)14-6-4-9-21-12-14)24-10-8-13-5-2-3-7-15(13)20/h2-7,9,11-12H,8,10H2,1H3. The molecule has 0 saturated carbocycles. The zero-order chi connectivity index (χ0) is 17.6. The van der Waals surface area contributed by atoms with E-state index in [1.165, 1.54) is 18.4 Å². The number of halogens is 1. The van der Waals surface area contributed by atoms with Crippen LogP contribution in [-0.4, -0.2) is 24.7 Å². The highest BCUT2D eigenvalue weighted by Gasteiger charge is 2.19. The first-order valence-corrected chi connectivity index (χ1v) is 8.87. The molecule has 128 valence electrons. The highest BCUT2D eigenvalue weighted by molar-refractivity contribution is 7.17. The van der Waals surface area contributed by atoms with Gasteiger partial charge < -0.3 is 9.47 Å². The minimum Gasteiger partial charge on any atom is -0.491 e. The molecule has 25 heavy (non-hydrogen) atoms. The molecule has 0 atom stereocenters. The second-order valence-corrected chi connectivity index (χ2v) is 6.69. The van der Waals surface area contributed by atoms with Gasteiger partial charge in [-0.15, -0.1) is 11.3 Å². The van der Waals surface area contributed by atoms with E-state index in [9.17, 15) is 4.79 Å². The molecular weight excluding hydrogens is 358 g/mol. The van der Waals surface area contributed by atoms with Gasteiger partial charge in [-0.2, -0.15) is 0 Å². The number of benzene rings is 1. The molecule has 0 bridgehead atoms. The molecule has 0 aliphatic rings. The number of hydrogen-bond acceptors (Lipinski definition) is 5. The fourth-order valence-corrected chi connectivity index (χ4v) is 3.58. The molecule has 0 aliphatic heterocycles. The van der Waals surface area contributed by atoms with Gasteiger partial charge in [-0.1, -0.05) is 35.9 Å². The van der Waals surface area contributed by atoms with Gasteiger partial charge >= 0.3 is 5.97 Å². The van der Waals surface area contributed by atoms with Crippen LogP contribution in [-0.2, 0) is 11.2 Å². The van der Waals surface area contributed by atoms with Crippen LogP contribution in [0.15, 0.2) is 54.9 Å². The molecule has 0 N–H and O–H groups in total. The van der Waals surface area contributed by atoms with Crippen molar-refractivity contribution in [2.24, 2.45) is 0 Å². The Labute approximate surface area is 155 Å². The van der Waals surface area contributed by atoms with Crippen molar-refractivity contribution < 1.29 is 14.3 Å². The summed E-state index contributed by atoms with van der Waals surface area (Å²) in [6.07, 6.45) is 4.11. The Balaban J connectivity index is 1.78. The van der Waals surface area contributed by atoms with E-state index < -0.39 is 5.97 Å². The van der Waals surface area contributed by atoms with Gasteiger partial charge in [-0.05, 0) is 23.8 Å². The lowest BCUT2D eigenvalue weighted by atomic mass is 10.2. The van der Waals surface area contributed by atoms with Crippen LogP contribution in [0.1, 0.15) is 15.2 Å².